The van der Waals surface area contributed by atoms with Gasteiger partial charge in [-0.2, -0.15) is 0 Å². The molecule has 1 fully saturated rings. The fourth-order valence-electron chi connectivity index (χ4n) is 2.99. The summed E-state index contributed by atoms with van der Waals surface area (Å²) in [7, 11) is 2.16. The molecule has 128 valence electrons. The van der Waals surface area contributed by atoms with E-state index in [1.54, 1.807) is 0 Å². The minimum Gasteiger partial charge on any atom is -0.369 e. The zero-order valence-corrected chi connectivity index (χ0v) is 14.3. The van der Waals surface area contributed by atoms with Crippen LogP contribution in [-0.2, 0) is 11.3 Å². The highest BCUT2D eigenvalue weighted by atomic mass is 16.1. The van der Waals surface area contributed by atoms with Crippen LogP contribution in [0.25, 0.3) is 0 Å². The summed E-state index contributed by atoms with van der Waals surface area (Å²) in [5.74, 6) is 0.0782. The van der Waals surface area contributed by atoms with Crippen molar-refractivity contribution >= 4 is 17.3 Å². The number of benzene rings is 1. The summed E-state index contributed by atoms with van der Waals surface area (Å²) in [5, 5.41) is 2.98. The maximum atomic E-state index is 12.0. The van der Waals surface area contributed by atoms with Gasteiger partial charge in [-0.15, -0.1) is 0 Å². The quantitative estimate of drug-likeness (QED) is 0.887. The third kappa shape index (κ3) is 4.61. The van der Waals surface area contributed by atoms with Crippen molar-refractivity contribution in [2.24, 2.45) is 0 Å². The highest BCUT2D eigenvalue weighted by molar-refractivity contribution is 5.90. The molecule has 0 unspecified atom stereocenters. The van der Waals surface area contributed by atoms with E-state index in [0.717, 1.165) is 44.8 Å². The van der Waals surface area contributed by atoms with E-state index in [-0.39, 0.29) is 5.91 Å². The Kier molecular flexibility index (Phi) is 5.54. The normalized spacial score (nSPS) is 15.5. The topological polar surface area (TPSA) is 40.5 Å². The molecular weight excluding hydrogens is 300 g/mol. The van der Waals surface area contributed by atoms with Crippen molar-refractivity contribution in [3.05, 3.63) is 48.8 Å². The lowest BCUT2D eigenvalue weighted by atomic mass is 10.2. The Labute approximate surface area is 143 Å². The van der Waals surface area contributed by atoms with Gasteiger partial charge in [-0.3, -0.25) is 4.79 Å². The first-order valence-electron chi connectivity index (χ1n) is 8.65. The standard InChI is InChI=1S/C19H26N4O/c1-21-13-15-23(16-14-21)18-8-6-17(7-9-18)20-19(24)5-4-12-22-10-2-3-11-22/h2-3,6-11H,4-5,12-16H2,1H3,(H,20,24). The van der Waals surface area contributed by atoms with Crippen molar-refractivity contribution in [3.8, 4) is 0 Å². The SMILES string of the molecule is CN1CCN(c2ccc(NC(=O)CCCn3cccc3)cc2)CC1. The second-order valence-electron chi connectivity index (χ2n) is 6.41. The van der Waals surface area contributed by atoms with Crippen LogP contribution in [0, 0.1) is 0 Å². The average Bonchev–Trinajstić information content (AvgIpc) is 3.10. The van der Waals surface area contributed by atoms with Gasteiger partial charge in [-0.05, 0) is 49.9 Å². The molecule has 0 saturated carbocycles. The summed E-state index contributed by atoms with van der Waals surface area (Å²) in [6.07, 6.45) is 5.43. The maximum Gasteiger partial charge on any atom is 0.224 e. The van der Waals surface area contributed by atoms with Gasteiger partial charge >= 0.3 is 0 Å². The molecule has 0 bridgehead atoms. The number of piperazine rings is 1. The number of carbonyl (C=O) groups excluding carboxylic acids is 1. The lowest BCUT2D eigenvalue weighted by molar-refractivity contribution is -0.116. The molecule has 1 amide bonds. The molecule has 1 aromatic carbocycles. The molecule has 1 N–H and O–H groups in total. The van der Waals surface area contributed by atoms with E-state index in [1.807, 2.05) is 36.7 Å². The molecule has 5 heteroatoms. The lowest BCUT2D eigenvalue weighted by Crippen LogP contribution is -2.44. The second-order valence-corrected chi connectivity index (χ2v) is 6.41. The van der Waals surface area contributed by atoms with Gasteiger partial charge in [0.1, 0.15) is 0 Å². The van der Waals surface area contributed by atoms with Gasteiger partial charge in [0.05, 0.1) is 0 Å². The minimum absolute atomic E-state index is 0.0782. The summed E-state index contributed by atoms with van der Waals surface area (Å²) in [4.78, 5) is 16.8. The Morgan fingerprint density at radius 3 is 2.38 bits per heavy atom. The van der Waals surface area contributed by atoms with Crippen LogP contribution < -0.4 is 10.2 Å². The molecular formula is C19H26N4O. The number of nitrogens with one attached hydrogen (secondary N) is 1. The summed E-state index contributed by atoms with van der Waals surface area (Å²) in [5.41, 5.74) is 2.10. The predicted octanol–water partition coefficient (Wildman–Crippen LogP) is 2.66. The Morgan fingerprint density at radius 2 is 1.71 bits per heavy atom. The van der Waals surface area contributed by atoms with Crippen LogP contribution in [0.4, 0.5) is 11.4 Å². The van der Waals surface area contributed by atoms with Crippen LogP contribution in [-0.4, -0.2) is 48.6 Å². The largest absolute Gasteiger partial charge is 0.369 e. The maximum absolute atomic E-state index is 12.0. The van der Waals surface area contributed by atoms with E-state index in [0.29, 0.717) is 6.42 Å². The Balaban J connectivity index is 1.44. The molecule has 24 heavy (non-hydrogen) atoms. The number of carbonyl (C=O) groups is 1. The van der Waals surface area contributed by atoms with Crippen LogP contribution in [0.15, 0.2) is 48.8 Å². The highest BCUT2D eigenvalue weighted by Crippen LogP contribution is 2.19. The molecule has 2 heterocycles. The zero-order chi connectivity index (χ0) is 16.8. The van der Waals surface area contributed by atoms with Crippen LogP contribution in [0.2, 0.25) is 0 Å². The second kappa shape index (κ2) is 8.02. The monoisotopic (exact) mass is 326 g/mol. The first-order valence-corrected chi connectivity index (χ1v) is 8.65. The van der Waals surface area contributed by atoms with Crippen LogP contribution in [0.1, 0.15) is 12.8 Å². The van der Waals surface area contributed by atoms with Crippen molar-refractivity contribution < 1.29 is 4.79 Å². The number of hydrogen-bond acceptors (Lipinski definition) is 3. The van der Waals surface area contributed by atoms with Crippen molar-refractivity contribution in [2.45, 2.75) is 19.4 Å². The van der Waals surface area contributed by atoms with Crippen LogP contribution in [0.5, 0.6) is 0 Å². The number of likely N-dealkylation sites (N-methyl/N-ethyl adjacent to an activating group) is 1. The molecule has 3 rings (SSSR count). The van der Waals surface area contributed by atoms with Gasteiger partial charge in [0, 0.05) is 62.9 Å². The fourth-order valence-corrected chi connectivity index (χ4v) is 2.99. The van der Waals surface area contributed by atoms with E-state index >= 15 is 0 Å². The number of aromatic nitrogens is 1. The smallest absolute Gasteiger partial charge is 0.224 e. The molecule has 0 aliphatic carbocycles. The molecule has 0 atom stereocenters. The lowest BCUT2D eigenvalue weighted by Gasteiger charge is -2.34. The first-order chi connectivity index (χ1) is 11.7. The fraction of sp³-hybridized carbons (Fsp3) is 0.421. The molecule has 0 radical (unpaired) electrons. The summed E-state index contributed by atoms with van der Waals surface area (Å²) in [6.45, 7) is 5.19. The summed E-state index contributed by atoms with van der Waals surface area (Å²) in [6, 6.07) is 12.2. The molecule has 5 nitrogen and oxygen atoms in total. The minimum atomic E-state index is 0.0782. The van der Waals surface area contributed by atoms with Crippen molar-refractivity contribution in [1.82, 2.24) is 9.47 Å². The first kappa shape index (κ1) is 16.6. The number of anilines is 2. The number of amides is 1. The molecule has 1 aromatic heterocycles. The third-order valence-corrected chi connectivity index (χ3v) is 4.51. The van der Waals surface area contributed by atoms with E-state index in [2.05, 4.69) is 38.9 Å². The zero-order valence-electron chi connectivity index (χ0n) is 14.3. The predicted molar refractivity (Wildman–Crippen MR) is 98.4 cm³/mol. The van der Waals surface area contributed by atoms with Crippen molar-refractivity contribution in [3.63, 3.8) is 0 Å². The summed E-state index contributed by atoms with van der Waals surface area (Å²) >= 11 is 0. The van der Waals surface area contributed by atoms with Crippen molar-refractivity contribution in [2.75, 3.05) is 43.4 Å². The third-order valence-electron chi connectivity index (χ3n) is 4.51. The number of hydrogen-bond donors (Lipinski definition) is 1. The van der Waals surface area contributed by atoms with Crippen molar-refractivity contribution in [1.29, 1.82) is 0 Å². The van der Waals surface area contributed by atoms with Gasteiger partial charge in [-0.25, -0.2) is 0 Å². The van der Waals surface area contributed by atoms with Crippen LogP contribution in [0.3, 0.4) is 0 Å². The van der Waals surface area contributed by atoms with Gasteiger partial charge in [-0.1, -0.05) is 0 Å². The van der Waals surface area contributed by atoms with E-state index in [1.165, 1.54) is 5.69 Å². The van der Waals surface area contributed by atoms with E-state index < -0.39 is 0 Å². The molecule has 2 aromatic rings. The van der Waals surface area contributed by atoms with Gasteiger partial charge in [0.15, 0.2) is 0 Å². The van der Waals surface area contributed by atoms with Crippen LogP contribution >= 0.6 is 0 Å². The van der Waals surface area contributed by atoms with Gasteiger partial charge < -0.3 is 19.7 Å². The Bertz CT molecular complexity index is 628. The Morgan fingerprint density at radius 1 is 1.04 bits per heavy atom. The molecule has 1 saturated heterocycles. The van der Waals surface area contributed by atoms with Gasteiger partial charge in [0.25, 0.3) is 0 Å². The molecule has 0 spiro atoms. The highest BCUT2D eigenvalue weighted by Gasteiger charge is 2.14. The molecule has 1 aliphatic heterocycles. The number of aryl methyl sites for hydroxylation is 1. The Hall–Kier alpha value is -2.27. The number of nitrogens with zero attached hydrogens (tertiary/aromatic N) is 3. The molecule has 1 aliphatic rings. The summed E-state index contributed by atoms with van der Waals surface area (Å²) < 4.78 is 2.10. The average molecular weight is 326 g/mol. The number of rotatable bonds is 6. The van der Waals surface area contributed by atoms with Gasteiger partial charge in [0.2, 0.25) is 5.91 Å². The van der Waals surface area contributed by atoms with E-state index in [4.69, 9.17) is 0 Å². The van der Waals surface area contributed by atoms with E-state index in [9.17, 15) is 4.79 Å².